The molecule has 0 radical (unpaired) electrons. The first-order valence-electron chi connectivity index (χ1n) is 7.33. The van der Waals surface area contributed by atoms with Gasteiger partial charge in [0.2, 0.25) is 0 Å². The quantitative estimate of drug-likeness (QED) is 0.783. The van der Waals surface area contributed by atoms with Gasteiger partial charge in [-0.05, 0) is 30.7 Å². The first-order valence-corrected chi connectivity index (χ1v) is 8.25. The molecule has 0 aliphatic heterocycles. The predicted molar refractivity (Wildman–Crippen MR) is 83.9 cm³/mol. The molecule has 0 heterocycles. The van der Waals surface area contributed by atoms with Crippen LogP contribution in [0, 0.1) is 11.3 Å². The van der Waals surface area contributed by atoms with Crippen molar-refractivity contribution >= 4 is 27.7 Å². The van der Waals surface area contributed by atoms with Crippen molar-refractivity contribution in [2.24, 2.45) is 11.3 Å². The van der Waals surface area contributed by atoms with Crippen LogP contribution in [0.3, 0.4) is 0 Å². The summed E-state index contributed by atoms with van der Waals surface area (Å²) in [5.74, 6) is -1.00. The molecule has 2 aliphatic carbocycles. The molecule has 1 N–H and O–H groups in total. The molecule has 4 heteroatoms. The van der Waals surface area contributed by atoms with Crippen LogP contribution in [0.25, 0.3) is 0 Å². The first-order chi connectivity index (χ1) is 9.82. The molecule has 21 heavy (non-hydrogen) atoms. The smallest absolute Gasteiger partial charge is 0.309 e. The molecule has 0 saturated heterocycles. The van der Waals surface area contributed by atoms with Crippen molar-refractivity contribution < 1.29 is 14.7 Å². The molecule has 112 valence electrons. The molecule has 1 fully saturated rings. The number of aliphatic carboxylic acids is 1. The molecule has 0 spiro atoms. The molecular weight excluding hydrogens is 332 g/mol. The number of hydrogen-bond acceptors (Lipinski definition) is 2. The van der Waals surface area contributed by atoms with E-state index in [0.717, 1.165) is 24.0 Å². The lowest BCUT2D eigenvalue weighted by atomic mass is 9.49. The van der Waals surface area contributed by atoms with Gasteiger partial charge < -0.3 is 5.11 Å². The van der Waals surface area contributed by atoms with Gasteiger partial charge >= 0.3 is 5.97 Å². The Balaban J connectivity index is 2.25. The van der Waals surface area contributed by atoms with Crippen LogP contribution in [0.1, 0.15) is 49.0 Å². The molecule has 0 bridgehead atoms. The molecule has 2 aliphatic rings. The van der Waals surface area contributed by atoms with Crippen molar-refractivity contribution in [3.05, 3.63) is 35.4 Å². The van der Waals surface area contributed by atoms with Crippen molar-refractivity contribution in [1.82, 2.24) is 0 Å². The average Bonchev–Trinajstić information content (AvgIpc) is 2.45. The lowest BCUT2D eigenvalue weighted by molar-refractivity contribution is -0.156. The number of hydrogen-bond donors (Lipinski definition) is 1. The van der Waals surface area contributed by atoms with Crippen molar-refractivity contribution in [2.45, 2.75) is 43.4 Å². The van der Waals surface area contributed by atoms with E-state index in [1.165, 1.54) is 0 Å². The lowest BCUT2D eigenvalue weighted by Crippen LogP contribution is -2.58. The molecule has 0 unspecified atom stereocenters. The Morgan fingerprint density at radius 3 is 2.62 bits per heavy atom. The number of carbonyl (C=O) groups excluding carboxylic acids is 1. The summed E-state index contributed by atoms with van der Waals surface area (Å²) in [6, 6.07) is 7.67. The van der Waals surface area contributed by atoms with Crippen LogP contribution in [-0.4, -0.2) is 21.7 Å². The Labute approximate surface area is 132 Å². The van der Waals surface area contributed by atoms with Crippen molar-refractivity contribution in [3.8, 4) is 0 Å². The number of carboxylic acids is 1. The highest BCUT2D eigenvalue weighted by atomic mass is 79.9. The summed E-state index contributed by atoms with van der Waals surface area (Å²) < 4.78 is 0. The molecule has 0 amide bonds. The number of benzene rings is 1. The molecule has 1 aromatic carbocycles. The van der Waals surface area contributed by atoms with E-state index in [1.807, 2.05) is 24.3 Å². The minimum atomic E-state index is -0.871. The van der Waals surface area contributed by atoms with Crippen LogP contribution in [0.15, 0.2) is 24.3 Å². The van der Waals surface area contributed by atoms with Gasteiger partial charge in [-0.2, -0.15) is 0 Å². The summed E-state index contributed by atoms with van der Waals surface area (Å²) in [6.07, 6.45) is 2.42. The van der Waals surface area contributed by atoms with Crippen LogP contribution in [0.4, 0.5) is 0 Å². The second kappa shape index (κ2) is 4.67. The number of alkyl halides is 1. The van der Waals surface area contributed by atoms with Crippen LogP contribution in [-0.2, 0) is 10.2 Å². The molecule has 1 aromatic rings. The number of Topliss-reactive ketones (excluding diaryl/α,β-unsaturated/α-hetero) is 1. The summed E-state index contributed by atoms with van der Waals surface area (Å²) in [7, 11) is 0. The van der Waals surface area contributed by atoms with Gasteiger partial charge in [0.15, 0.2) is 5.78 Å². The van der Waals surface area contributed by atoms with Crippen LogP contribution >= 0.6 is 15.9 Å². The van der Waals surface area contributed by atoms with E-state index >= 15 is 0 Å². The summed E-state index contributed by atoms with van der Waals surface area (Å²) in [5.41, 5.74) is 0.615. The number of rotatable bonds is 1. The maximum absolute atomic E-state index is 12.7. The Morgan fingerprint density at radius 2 is 1.95 bits per heavy atom. The normalized spacial score (nSPS) is 38.5. The second-order valence-corrected chi connectivity index (χ2v) is 7.77. The summed E-state index contributed by atoms with van der Waals surface area (Å²) in [5, 5.41) is 9.77. The Hall–Kier alpha value is -1.16. The summed E-state index contributed by atoms with van der Waals surface area (Å²) >= 11 is 3.53. The largest absolute Gasteiger partial charge is 0.481 e. The van der Waals surface area contributed by atoms with Crippen LogP contribution < -0.4 is 0 Å². The monoisotopic (exact) mass is 350 g/mol. The zero-order chi connectivity index (χ0) is 15.4. The summed E-state index contributed by atoms with van der Waals surface area (Å²) in [6.45, 7) is 3.92. The lowest BCUT2D eigenvalue weighted by Gasteiger charge is -2.54. The van der Waals surface area contributed by atoms with Gasteiger partial charge in [-0.1, -0.05) is 53.5 Å². The number of fused-ring (bicyclic) bond motifs is 3. The minimum Gasteiger partial charge on any atom is -0.481 e. The minimum absolute atomic E-state index is 0.0162. The van der Waals surface area contributed by atoms with E-state index in [-0.39, 0.29) is 17.1 Å². The highest BCUT2D eigenvalue weighted by molar-refractivity contribution is 9.10. The first kappa shape index (κ1) is 14.8. The Bertz CT molecular complexity index is 626. The van der Waals surface area contributed by atoms with Gasteiger partial charge in [-0.3, -0.25) is 9.59 Å². The van der Waals surface area contributed by atoms with Crippen molar-refractivity contribution in [1.29, 1.82) is 0 Å². The van der Waals surface area contributed by atoms with E-state index in [2.05, 4.69) is 22.9 Å². The van der Waals surface area contributed by atoms with Gasteiger partial charge in [-0.25, -0.2) is 0 Å². The van der Waals surface area contributed by atoms with Crippen LogP contribution in [0.2, 0.25) is 0 Å². The molecule has 1 saturated carbocycles. The SMILES string of the molecule is C[C@]1(C(=O)O)CCC[C@]2(C)c3ccccc3C(=O)[C@H](Br)[C@@H]12. The standard InChI is InChI=1S/C17H19BrO3/c1-16-8-5-9-17(2,15(20)21)14(16)12(18)13(19)10-6-3-4-7-11(10)16/h3-4,6-7,12,14H,5,8-9H2,1-2H3,(H,20,21)/t12-,14+,16+,17-/m0/s1. The maximum atomic E-state index is 12.7. The van der Waals surface area contributed by atoms with Crippen LogP contribution in [0.5, 0.6) is 0 Å². The van der Waals surface area contributed by atoms with Crippen molar-refractivity contribution in [2.75, 3.05) is 0 Å². The highest BCUT2D eigenvalue weighted by Gasteiger charge is 2.60. The van der Waals surface area contributed by atoms with Gasteiger partial charge in [0, 0.05) is 11.5 Å². The molecular formula is C17H19BrO3. The number of carbonyl (C=O) groups is 2. The molecule has 4 atom stereocenters. The third-order valence-corrected chi connectivity index (χ3v) is 6.55. The van der Waals surface area contributed by atoms with E-state index < -0.39 is 16.2 Å². The van der Waals surface area contributed by atoms with Gasteiger partial charge in [0.25, 0.3) is 0 Å². The maximum Gasteiger partial charge on any atom is 0.309 e. The Kier molecular flexibility index (Phi) is 3.28. The number of halogens is 1. The third-order valence-electron chi connectivity index (χ3n) is 5.60. The van der Waals surface area contributed by atoms with Gasteiger partial charge in [0.1, 0.15) is 0 Å². The topological polar surface area (TPSA) is 54.4 Å². The zero-order valence-corrected chi connectivity index (χ0v) is 13.8. The fraction of sp³-hybridized carbons (Fsp3) is 0.529. The van der Waals surface area contributed by atoms with Gasteiger partial charge in [0.05, 0.1) is 10.2 Å². The highest BCUT2D eigenvalue weighted by Crippen LogP contribution is 2.58. The Morgan fingerprint density at radius 1 is 1.29 bits per heavy atom. The van der Waals surface area contributed by atoms with E-state index in [1.54, 1.807) is 6.92 Å². The van der Waals surface area contributed by atoms with E-state index in [9.17, 15) is 14.7 Å². The fourth-order valence-corrected chi connectivity index (χ4v) is 5.93. The number of ketones is 1. The van der Waals surface area contributed by atoms with Gasteiger partial charge in [-0.15, -0.1) is 0 Å². The third kappa shape index (κ3) is 1.84. The van der Waals surface area contributed by atoms with E-state index in [0.29, 0.717) is 6.42 Å². The van der Waals surface area contributed by atoms with Crippen molar-refractivity contribution in [3.63, 3.8) is 0 Å². The second-order valence-electron chi connectivity index (χ2n) is 6.78. The van der Waals surface area contributed by atoms with E-state index in [4.69, 9.17) is 0 Å². The summed E-state index contributed by atoms with van der Waals surface area (Å²) in [4.78, 5) is 24.2. The predicted octanol–water partition coefficient (Wildman–Crippen LogP) is 3.80. The fourth-order valence-electron chi connectivity index (χ4n) is 4.52. The average molecular weight is 351 g/mol. The molecule has 3 nitrogen and oxygen atoms in total. The molecule has 0 aromatic heterocycles. The zero-order valence-electron chi connectivity index (χ0n) is 12.2. The molecule has 3 rings (SSSR count). The number of carboxylic acid groups (broad SMARTS) is 1.